The Bertz CT molecular complexity index is 632. The highest BCUT2D eigenvalue weighted by molar-refractivity contribution is 5.33. The van der Waals surface area contributed by atoms with Crippen LogP contribution in [0.5, 0.6) is 0 Å². The van der Waals surface area contributed by atoms with Gasteiger partial charge in [0.25, 0.3) is 5.78 Å². The zero-order valence-corrected chi connectivity index (χ0v) is 11.4. The minimum atomic E-state index is 0.353. The van der Waals surface area contributed by atoms with Crippen LogP contribution in [0.15, 0.2) is 6.07 Å². The van der Waals surface area contributed by atoms with Crippen LogP contribution < -0.4 is 5.32 Å². The Labute approximate surface area is 112 Å². The van der Waals surface area contributed by atoms with E-state index in [1.807, 2.05) is 6.92 Å². The molecule has 4 rings (SSSR count). The second-order valence-electron chi connectivity index (χ2n) is 5.97. The molecule has 3 heterocycles. The van der Waals surface area contributed by atoms with Crippen molar-refractivity contribution in [1.82, 2.24) is 24.9 Å². The minimum Gasteiger partial charge on any atom is -0.307 e. The second-order valence-corrected chi connectivity index (χ2v) is 5.97. The highest BCUT2D eigenvalue weighted by Crippen LogP contribution is 2.43. The smallest absolute Gasteiger partial charge is 0.255 e. The minimum absolute atomic E-state index is 0.353. The van der Waals surface area contributed by atoms with Gasteiger partial charge >= 0.3 is 0 Å². The van der Waals surface area contributed by atoms with Gasteiger partial charge in [-0.3, -0.25) is 4.40 Å². The summed E-state index contributed by atoms with van der Waals surface area (Å²) in [6, 6.07) is 2.45. The van der Waals surface area contributed by atoms with E-state index < -0.39 is 0 Å². The van der Waals surface area contributed by atoms with Crippen LogP contribution in [0.4, 0.5) is 0 Å². The maximum atomic E-state index is 4.48. The van der Waals surface area contributed by atoms with E-state index in [0.29, 0.717) is 6.04 Å². The average Bonchev–Trinajstić information content (AvgIpc) is 3.00. The summed E-state index contributed by atoms with van der Waals surface area (Å²) >= 11 is 0. The van der Waals surface area contributed by atoms with Crippen LogP contribution in [0.25, 0.3) is 5.78 Å². The zero-order chi connectivity index (χ0) is 13.0. The first-order chi connectivity index (χ1) is 9.24. The molecular weight excluding hydrogens is 238 g/mol. The number of hydrogen-bond donors (Lipinski definition) is 1. The summed E-state index contributed by atoms with van der Waals surface area (Å²) in [7, 11) is 0. The summed E-state index contributed by atoms with van der Waals surface area (Å²) < 4.78 is 2.12. The molecule has 0 spiro atoms. The molecule has 1 aliphatic heterocycles. The van der Waals surface area contributed by atoms with Crippen molar-refractivity contribution < 1.29 is 0 Å². The quantitative estimate of drug-likeness (QED) is 0.846. The van der Waals surface area contributed by atoms with Gasteiger partial charge in [-0.1, -0.05) is 6.42 Å². The molecular formula is C14H19N5. The van der Waals surface area contributed by atoms with Gasteiger partial charge in [0.1, 0.15) is 0 Å². The van der Waals surface area contributed by atoms with Gasteiger partial charge in [0.15, 0.2) is 5.82 Å². The first-order valence-electron chi connectivity index (χ1n) is 7.16. The molecule has 2 aromatic rings. The molecule has 1 saturated heterocycles. The van der Waals surface area contributed by atoms with Gasteiger partial charge in [-0.25, -0.2) is 4.98 Å². The van der Waals surface area contributed by atoms with E-state index in [0.717, 1.165) is 35.7 Å². The number of hydrogen-bond acceptors (Lipinski definition) is 4. The number of nitrogens with zero attached hydrogens (tertiary/aromatic N) is 4. The SMILES string of the molecule is Cc1cc(C)n2c(C3NCC4CCCC43)nnc2n1. The molecule has 0 bridgehead atoms. The zero-order valence-electron chi connectivity index (χ0n) is 11.4. The highest BCUT2D eigenvalue weighted by atomic mass is 15.3. The Kier molecular flexibility index (Phi) is 2.39. The van der Waals surface area contributed by atoms with E-state index in [-0.39, 0.29) is 0 Å². The molecule has 2 fully saturated rings. The Morgan fingerprint density at radius 3 is 3.05 bits per heavy atom. The fourth-order valence-corrected chi connectivity index (χ4v) is 3.93. The van der Waals surface area contributed by atoms with E-state index in [9.17, 15) is 0 Å². The van der Waals surface area contributed by atoms with Crippen molar-refractivity contribution in [3.05, 3.63) is 23.3 Å². The third-order valence-electron chi connectivity index (χ3n) is 4.74. The lowest BCUT2D eigenvalue weighted by Gasteiger charge is -2.17. The molecule has 1 saturated carbocycles. The van der Waals surface area contributed by atoms with Crippen LogP contribution in [0.1, 0.15) is 42.5 Å². The van der Waals surface area contributed by atoms with Gasteiger partial charge in [-0.05, 0) is 51.1 Å². The molecule has 2 aliphatic rings. The van der Waals surface area contributed by atoms with Gasteiger partial charge in [-0.15, -0.1) is 10.2 Å². The second kappa shape index (κ2) is 4.00. The largest absolute Gasteiger partial charge is 0.307 e. The van der Waals surface area contributed by atoms with E-state index in [1.165, 1.54) is 25.0 Å². The molecule has 5 nitrogen and oxygen atoms in total. The molecule has 0 amide bonds. The van der Waals surface area contributed by atoms with Crippen molar-refractivity contribution in [3.8, 4) is 0 Å². The van der Waals surface area contributed by atoms with Crippen LogP contribution >= 0.6 is 0 Å². The number of aryl methyl sites for hydroxylation is 2. The predicted molar refractivity (Wildman–Crippen MR) is 71.8 cm³/mol. The first kappa shape index (κ1) is 11.3. The summed E-state index contributed by atoms with van der Waals surface area (Å²) in [6.45, 7) is 5.24. The molecule has 1 aliphatic carbocycles. The van der Waals surface area contributed by atoms with Crippen molar-refractivity contribution in [2.75, 3.05) is 6.54 Å². The van der Waals surface area contributed by atoms with Gasteiger partial charge in [0.2, 0.25) is 0 Å². The topological polar surface area (TPSA) is 55.1 Å². The maximum Gasteiger partial charge on any atom is 0.255 e. The standard InChI is InChI=1S/C14H19N5/c1-8-6-9(2)19-13(17-18-14(19)16-8)12-11-5-3-4-10(11)7-15-12/h6,10-12,15H,3-5,7H2,1-2H3. The van der Waals surface area contributed by atoms with Crippen molar-refractivity contribution in [2.45, 2.75) is 39.2 Å². The number of aromatic nitrogens is 4. The van der Waals surface area contributed by atoms with Gasteiger partial charge in [-0.2, -0.15) is 0 Å². The maximum absolute atomic E-state index is 4.48. The van der Waals surface area contributed by atoms with Gasteiger partial charge < -0.3 is 5.32 Å². The molecule has 0 aromatic carbocycles. The number of rotatable bonds is 1. The summed E-state index contributed by atoms with van der Waals surface area (Å²) in [5.74, 6) is 3.34. The summed E-state index contributed by atoms with van der Waals surface area (Å²) in [4.78, 5) is 4.48. The fraction of sp³-hybridized carbons (Fsp3) is 0.643. The number of fused-ring (bicyclic) bond motifs is 2. The molecule has 2 aromatic heterocycles. The number of nitrogens with one attached hydrogen (secondary N) is 1. The molecule has 100 valence electrons. The Morgan fingerprint density at radius 2 is 2.16 bits per heavy atom. The van der Waals surface area contributed by atoms with Crippen molar-refractivity contribution >= 4 is 5.78 Å². The first-order valence-corrected chi connectivity index (χ1v) is 7.16. The lowest BCUT2D eigenvalue weighted by Crippen LogP contribution is -2.21. The van der Waals surface area contributed by atoms with Gasteiger partial charge in [0, 0.05) is 11.4 Å². The molecule has 3 unspecified atom stereocenters. The lowest BCUT2D eigenvalue weighted by molar-refractivity contribution is 0.405. The molecule has 5 heteroatoms. The normalized spacial score (nSPS) is 30.1. The average molecular weight is 257 g/mol. The Balaban J connectivity index is 1.83. The van der Waals surface area contributed by atoms with E-state index in [1.54, 1.807) is 0 Å². The van der Waals surface area contributed by atoms with E-state index >= 15 is 0 Å². The molecule has 19 heavy (non-hydrogen) atoms. The fourth-order valence-electron chi connectivity index (χ4n) is 3.93. The van der Waals surface area contributed by atoms with Crippen LogP contribution in [-0.2, 0) is 0 Å². The monoisotopic (exact) mass is 257 g/mol. The summed E-state index contributed by atoms with van der Waals surface area (Å²) in [5.41, 5.74) is 2.17. The van der Waals surface area contributed by atoms with E-state index in [4.69, 9.17) is 0 Å². The van der Waals surface area contributed by atoms with Crippen molar-refractivity contribution in [1.29, 1.82) is 0 Å². The molecule has 0 radical (unpaired) electrons. The van der Waals surface area contributed by atoms with Crippen LogP contribution in [-0.4, -0.2) is 26.1 Å². The van der Waals surface area contributed by atoms with Crippen LogP contribution in [0.3, 0.4) is 0 Å². The van der Waals surface area contributed by atoms with Crippen LogP contribution in [0, 0.1) is 25.7 Å². The van der Waals surface area contributed by atoms with Crippen molar-refractivity contribution in [2.24, 2.45) is 11.8 Å². The Hall–Kier alpha value is -1.49. The highest BCUT2D eigenvalue weighted by Gasteiger charge is 2.41. The summed E-state index contributed by atoms with van der Waals surface area (Å²) in [5, 5.41) is 12.3. The van der Waals surface area contributed by atoms with Crippen molar-refractivity contribution in [3.63, 3.8) is 0 Å². The molecule has 3 atom stereocenters. The molecule has 1 N–H and O–H groups in total. The third-order valence-corrected chi connectivity index (χ3v) is 4.74. The summed E-state index contributed by atoms with van der Waals surface area (Å²) in [6.07, 6.45) is 4.04. The van der Waals surface area contributed by atoms with Crippen LogP contribution in [0.2, 0.25) is 0 Å². The Morgan fingerprint density at radius 1 is 1.26 bits per heavy atom. The van der Waals surface area contributed by atoms with Gasteiger partial charge in [0.05, 0.1) is 6.04 Å². The predicted octanol–water partition coefficient (Wildman–Crippen LogP) is 1.80. The third kappa shape index (κ3) is 1.61. The lowest BCUT2D eigenvalue weighted by atomic mass is 9.94. The van der Waals surface area contributed by atoms with E-state index in [2.05, 4.69) is 37.9 Å².